The molecule has 1 aliphatic heterocycles. The van der Waals surface area contributed by atoms with E-state index >= 15 is 0 Å². The van der Waals surface area contributed by atoms with E-state index in [1.54, 1.807) is 0 Å². The fourth-order valence-corrected chi connectivity index (χ4v) is 1.81. The Bertz CT molecular complexity index is 438. The van der Waals surface area contributed by atoms with Crippen LogP contribution < -0.4 is 4.74 Å². The largest absolute Gasteiger partial charge is 0.493 e. The summed E-state index contributed by atoms with van der Waals surface area (Å²) in [7, 11) is 0. The van der Waals surface area contributed by atoms with E-state index in [1.807, 2.05) is 24.3 Å². The molecule has 0 spiro atoms. The lowest BCUT2D eigenvalue weighted by Gasteiger charge is -2.22. The third-order valence-electron chi connectivity index (χ3n) is 2.41. The summed E-state index contributed by atoms with van der Waals surface area (Å²) < 4.78 is 5.44. The van der Waals surface area contributed by atoms with E-state index in [4.69, 9.17) is 4.74 Å². The van der Waals surface area contributed by atoms with E-state index in [-0.39, 0.29) is 11.8 Å². The molecule has 4 heteroatoms. The summed E-state index contributed by atoms with van der Waals surface area (Å²) in [5.74, 6) is 0.299. The molecule has 15 heavy (non-hydrogen) atoms. The zero-order valence-corrected chi connectivity index (χ0v) is 8.79. The van der Waals surface area contributed by atoms with Crippen molar-refractivity contribution in [1.29, 1.82) is 0 Å². The number of carbonyl (C=O) groups excluding carboxylic acids is 1. The lowest BCUT2D eigenvalue weighted by Crippen LogP contribution is -2.19. The molecule has 1 heterocycles. The van der Waals surface area contributed by atoms with Crippen LogP contribution in [0, 0.1) is 0 Å². The highest BCUT2D eigenvalue weighted by Gasteiger charge is 2.26. The Balaban J connectivity index is 2.37. The number of rotatable bonds is 1. The molecule has 0 saturated carbocycles. The molecule has 0 saturated heterocycles. The van der Waals surface area contributed by atoms with Crippen LogP contribution in [0.2, 0.25) is 0 Å². The van der Waals surface area contributed by atoms with E-state index in [0.29, 0.717) is 13.0 Å². The molecule has 1 amide bonds. The highest BCUT2D eigenvalue weighted by Crippen LogP contribution is 2.33. The summed E-state index contributed by atoms with van der Waals surface area (Å²) >= 11 is 4.43. The van der Waals surface area contributed by atoms with Gasteiger partial charge in [-0.15, -0.1) is 0 Å². The Morgan fingerprint density at radius 1 is 1.53 bits per heavy atom. The monoisotopic (exact) mass is 219 g/mol. The molecule has 1 aromatic rings. The van der Waals surface area contributed by atoms with Gasteiger partial charge in [-0.25, -0.2) is 0 Å². The number of aliphatic imine (C=N–C) groups is 1. The lowest BCUT2D eigenvalue weighted by molar-refractivity contribution is -0.119. The fraction of sp³-hybridized carbons (Fsp3) is 0.273. The van der Waals surface area contributed by atoms with Crippen LogP contribution in [-0.2, 0) is 4.79 Å². The summed E-state index contributed by atoms with van der Waals surface area (Å²) in [5.41, 5.74) is 0.891. The normalized spacial score (nSPS) is 18.3. The molecule has 1 unspecified atom stereocenters. The summed E-state index contributed by atoms with van der Waals surface area (Å²) in [4.78, 5) is 15.1. The van der Waals surface area contributed by atoms with E-state index in [9.17, 15) is 4.79 Å². The van der Waals surface area contributed by atoms with Crippen molar-refractivity contribution in [3.63, 3.8) is 0 Å². The zero-order valence-electron chi connectivity index (χ0n) is 7.97. The second-order valence-corrected chi connectivity index (χ2v) is 3.45. The van der Waals surface area contributed by atoms with Crippen LogP contribution in [0.25, 0.3) is 0 Å². The highest BCUT2D eigenvalue weighted by molar-refractivity contribution is 7.78. The number of hydrogen-bond acceptors (Lipinski definition) is 3. The molecular weight excluding hydrogens is 210 g/mol. The Morgan fingerprint density at radius 3 is 3.13 bits per heavy atom. The van der Waals surface area contributed by atoms with E-state index < -0.39 is 0 Å². The molecule has 2 rings (SSSR count). The van der Waals surface area contributed by atoms with Gasteiger partial charge >= 0.3 is 0 Å². The molecule has 1 aliphatic rings. The average molecular weight is 219 g/mol. The fourth-order valence-electron chi connectivity index (χ4n) is 1.72. The van der Waals surface area contributed by atoms with Gasteiger partial charge in [0.05, 0.1) is 17.7 Å². The van der Waals surface area contributed by atoms with Gasteiger partial charge in [0.15, 0.2) is 0 Å². The van der Waals surface area contributed by atoms with Crippen LogP contribution in [0.15, 0.2) is 29.3 Å². The Labute approximate surface area is 92.8 Å². The van der Waals surface area contributed by atoms with Crippen molar-refractivity contribution in [2.24, 2.45) is 4.99 Å². The maximum absolute atomic E-state index is 11.6. The number of fused-ring (bicyclic) bond motifs is 1. The molecule has 0 aliphatic carbocycles. The molecular formula is C11H9NO2S. The SMILES string of the molecule is O=C(N=C=S)C1CCOc2ccccc21. The van der Waals surface area contributed by atoms with Crippen molar-refractivity contribution >= 4 is 23.3 Å². The minimum atomic E-state index is -0.235. The molecule has 0 fully saturated rings. The Kier molecular flexibility index (Phi) is 2.90. The number of hydrogen-bond donors (Lipinski definition) is 0. The molecule has 1 atom stereocenters. The third-order valence-corrected chi connectivity index (χ3v) is 2.50. The van der Waals surface area contributed by atoms with Crippen molar-refractivity contribution in [3.05, 3.63) is 29.8 Å². The number of benzene rings is 1. The summed E-state index contributed by atoms with van der Waals surface area (Å²) in [6.45, 7) is 0.542. The molecule has 0 aromatic heterocycles. The molecule has 76 valence electrons. The van der Waals surface area contributed by atoms with Gasteiger partial charge in [-0.2, -0.15) is 4.99 Å². The van der Waals surface area contributed by atoms with E-state index in [0.717, 1.165) is 11.3 Å². The number of isothiocyanates is 1. The first-order chi connectivity index (χ1) is 7.33. The molecule has 0 radical (unpaired) electrons. The van der Waals surface area contributed by atoms with Crippen molar-refractivity contribution in [2.75, 3.05) is 6.61 Å². The summed E-state index contributed by atoms with van der Waals surface area (Å²) in [6.07, 6.45) is 0.649. The first kappa shape index (κ1) is 10.0. The van der Waals surface area contributed by atoms with Gasteiger partial charge in [0.1, 0.15) is 5.75 Å². The van der Waals surface area contributed by atoms with Crippen LogP contribution in [0.1, 0.15) is 17.9 Å². The molecule has 3 nitrogen and oxygen atoms in total. The van der Waals surface area contributed by atoms with Crippen LogP contribution >= 0.6 is 12.2 Å². The van der Waals surface area contributed by atoms with Gasteiger partial charge < -0.3 is 4.74 Å². The number of nitrogens with zero attached hydrogens (tertiary/aromatic N) is 1. The van der Waals surface area contributed by atoms with E-state index in [1.165, 1.54) is 0 Å². The third kappa shape index (κ3) is 1.96. The van der Waals surface area contributed by atoms with E-state index in [2.05, 4.69) is 22.4 Å². The predicted molar refractivity (Wildman–Crippen MR) is 59.3 cm³/mol. The Morgan fingerprint density at radius 2 is 2.33 bits per heavy atom. The lowest BCUT2D eigenvalue weighted by atomic mass is 9.93. The second kappa shape index (κ2) is 4.34. The first-order valence-electron chi connectivity index (χ1n) is 4.66. The van der Waals surface area contributed by atoms with Crippen LogP contribution in [0.3, 0.4) is 0 Å². The number of para-hydroxylation sites is 1. The predicted octanol–water partition coefficient (Wildman–Crippen LogP) is 2.18. The van der Waals surface area contributed by atoms with Gasteiger partial charge in [0.25, 0.3) is 5.91 Å². The topological polar surface area (TPSA) is 38.7 Å². The molecule has 1 aromatic carbocycles. The number of thiocarbonyl (C=S) groups is 1. The van der Waals surface area contributed by atoms with Crippen LogP contribution in [0.5, 0.6) is 5.75 Å². The second-order valence-electron chi connectivity index (χ2n) is 3.27. The van der Waals surface area contributed by atoms with Gasteiger partial charge in [0.2, 0.25) is 0 Å². The van der Waals surface area contributed by atoms with Crippen molar-refractivity contribution in [1.82, 2.24) is 0 Å². The number of amides is 1. The van der Waals surface area contributed by atoms with Gasteiger partial charge in [-0.1, -0.05) is 18.2 Å². The van der Waals surface area contributed by atoms with Crippen molar-refractivity contribution in [2.45, 2.75) is 12.3 Å². The Hall–Kier alpha value is -1.51. The number of ether oxygens (including phenoxy) is 1. The van der Waals surface area contributed by atoms with Crippen molar-refractivity contribution < 1.29 is 9.53 Å². The van der Waals surface area contributed by atoms with Crippen LogP contribution in [-0.4, -0.2) is 17.7 Å². The van der Waals surface area contributed by atoms with Gasteiger partial charge in [0, 0.05) is 5.56 Å². The highest BCUT2D eigenvalue weighted by atomic mass is 32.1. The average Bonchev–Trinajstić information content (AvgIpc) is 2.28. The van der Waals surface area contributed by atoms with Gasteiger partial charge in [-0.05, 0) is 24.7 Å². The standard InChI is InChI=1S/C11H9NO2S/c13-11(12-7-15)9-5-6-14-10-4-2-1-3-8(9)10/h1-4,9H,5-6H2. The van der Waals surface area contributed by atoms with Gasteiger partial charge in [-0.3, -0.25) is 4.79 Å². The maximum atomic E-state index is 11.6. The minimum Gasteiger partial charge on any atom is -0.493 e. The van der Waals surface area contributed by atoms with Crippen molar-refractivity contribution in [3.8, 4) is 5.75 Å². The maximum Gasteiger partial charge on any atom is 0.262 e. The quantitative estimate of drug-likeness (QED) is 0.536. The minimum absolute atomic E-state index is 0.231. The smallest absolute Gasteiger partial charge is 0.262 e. The number of carbonyl (C=O) groups is 1. The summed E-state index contributed by atoms with van der Waals surface area (Å²) in [5, 5.41) is 2.11. The zero-order chi connectivity index (χ0) is 10.7. The summed E-state index contributed by atoms with van der Waals surface area (Å²) in [6, 6.07) is 7.51. The molecule has 0 N–H and O–H groups in total. The van der Waals surface area contributed by atoms with Crippen LogP contribution in [0.4, 0.5) is 0 Å². The molecule has 0 bridgehead atoms. The first-order valence-corrected chi connectivity index (χ1v) is 5.07.